The number of nitrogens with zero attached hydrogens (tertiary/aromatic N) is 2. The lowest BCUT2D eigenvalue weighted by Gasteiger charge is -2.26. The molecule has 1 aliphatic rings. The molecule has 0 spiro atoms. The van der Waals surface area contributed by atoms with Crippen molar-refractivity contribution in [2.75, 3.05) is 0 Å². The van der Waals surface area contributed by atoms with Crippen LogP contribution in [0.15, 0.2) is 11.2 Å². The Morgan fingerprint density at radius 2 is 2.19 bits per heavy atom. The van der Waals surface area contributed by atoms with E-state index in [4.69, 9.17) is 0 Å². The van der Waals surface area contributed by atoms with Gasteiger partial charge in [-0.2, -0.15) is 9.40 Å². The van der Waals surface area contributed by atoms with E-state index >= 15 is 0 Å². The Kier molecular flexibility index (Phi) is 5.06. The summed E-state index contributed by atoms with van der Waals surface area (Å²) in [7, 11) is -3.51. The Morgan fingerprint density at radius 3 is 2.81 bits per heavy atom. The lowest BCUT2D eigenvalue weighted by Crippen LogP contribution is -2.40. The number of hydrogen-bond acceptors (Lipinski definition) is 4. The SMILES string of the molecule is CCC1CCC(C)N1S(=O)(=O)c1[nH]ncc1CNC(C)C. The molecule has 0 aliphatic carbocycles. The molecule has 0 amide bonds. The number of aromatic amines is 1. The molecule has 2 rings (SSSR count). The van der Waals surface area contributed by atoms with E-state index in [1.807, 2.05) is 27.7 Å². The molecule has 1 aliphatic heterocycles. The first-order chi connectivity index (χ1) is 9.87. The minimum atomic E-state index is -3.51. The first-order valence-electron chi connectivity index (χ1n) is 7.67. The first-order valence-corrected chi connectivity index (χ1v) is 9.11. The summed E-state index contributed by atoms with van der Waals surface area (Å²) in [6.07, 6.45) is 4.30. The molecule has 0 bridgehead atoms. The van der Waals surface area contributed by atoms with Gasteiger partial charge in [0.2, 0.25) is 0 Å². The maximum Gasteiger partial charge on any atom is 0.260 e. The van der Waals surface area contributed by atoms with Crippen molar-refractivity contribution in [2.45, 2.75) is 76.7 Å². The minimum Gasteiger partial charge on any atom is -0.310 e. The average Bonchev–Trinajstić information content (AvgIpc) is 3.02. The van der Waals surface area contributed by atoms with Crippen molar-refractivity contribution in [3.8, 4) is 0 Å². The number of sulfonamides is 1. The molecular weight excluding hydrogens is 288 g/mol. The highest BCUT2D eigenvalue weighted by molar-refractivity contribution is 7.89. The van der Waals surface area contributed by atoms with Crippen LogP contribution in [-0.2, 0) is 16.6 Å². The fourth-order valence-corrected chi connectivity index (χ4v) is 4.99. The Labute approximate surface area is 127 Å². The first kappa shape index (κ1) is 16.5. The average molecular weight is 314 g/mol. The Hall–Kier alpha value is -0.920. The molecule has 1 fully saturated rings. The second-order valence-electron chi connectivity index (χ2n) is 6.08. The predicted octanol–water partition coefficient (Wildman–Crippen LogP) is 1.86. The number of H-pyrrole nitrogens is 1. The minimum absolute atomic E-state index is 0.0501. The van der Waals surface area contributed by atoms with Crippen molar-refractivity contribution < 1.29 is 8.42 Å². The second-order valence-corrected chi connectivity index (χ2v) is 7.86. The van der Waals surface area contributed by atoms with Crippen LogP contribution < -0.4 is 5.32 Å². The monoisotopic (exact) mass is 314 g/mol. The molecule has 2 N–H and O–H groups in total. The van der Waals surface area contributed by atoms with Gasteiger partial charge in [-0.1, -0.05) is 20.8 Å². The lowest BCUT2D eigenvalue weighted by molar-refractivity contribution is 0.327. The summed E-state index contributed by atoms with van der Waals surface area (Å²) in [6, 6.07) is 0.443. The molecule has 0 radical (unpaired) electrons. The smallest absolute Gasteiger partial charge is 0.260 e. The summed E-state index contributed by atoms with van der Waals surface area (Å²) in [5.74, 6) is 0. The molecule has 2 atom stereocenters. The molecule has 2 heterocycles. The van der Waals surface area contributed by atoms with E-state index in [-0.39, 0.29) is 17.1 Å². The van der Waals surface area contributed by atoms with E-state index in [0.29, 0.717) is 18.2 Å². The van der Waals surface area contributed by atoms with Crippen molar-refractivity contribution in [3.05, 3.63) is 11.8 Å². The van der Waals surface area contributed by atoms with Crippen molar-refractivity contribution in [3.63, 3.8) is 0 Å². The van der Waals surface area contributed by atoms with Gasteiger partial charge in [0.1, 0.15) is 0 Å². The molecular formula is C14H26N4O2S. The summed E-state index contributed by atoms with van der Waals surface area (Å²) in [6.45, 7) is 8.59. The molecule has 0 saturated carbocycles. The van der Waals surface area contributed by atoms with Crippen molar-refractivity contribution >= 4 is 10.0 Å². The molecule has 1 aromatic rings. The fourth-order valence-electron chi connectivity index (χ4n) is 2.93. The topological polar surface area (TPSA) is 78.1 Å². The van der Waals surface area contributed by atoms with Gasteiger partial charge in [-0.15, -0.1) is 0 Å². The lowest BCUT2D eigenvalue weighted by atomic mass is 10.2. The third kappa shape index (κ3) is 3.30. The summed E-state index contributed by atoms with van der Waals surface area (Å²) >= 11 is 0. The van der Waals surface area contributed by atoms with Gasteiger partial charge in [0.25, 0.3) is 10.0 Å². The fraction of sp³-hybridized carbons (Fsp3) is 0.786. The summed E-state index contributed by atoms with van der Waals surface area (Å²) < 4.78 is 27.6. The van der Waals surface area contributed by atoms with Gasteiger partial charge in [0, 0.05) is 30.2 Å². The largest absolute Gasteiger partial charge is 0.310 e. The van der Waals surface area contributed by atoms with Gasteiger partial charge in [0.05, 0.1) is 6.20 Å². The van der Waals surface area contributed by atoms with Crippen LogP contribution in [0.4, 0.5) is 0 Å². The molecule has 2 unspecified atom stereocenters. The Bertz CT molecular complexity index is 567. The summed E-state index contributed by atoms with van der Waals surface area (Å²) in [5.41, 5.74) is 0.706. The van der Waals surface area contributed by atoms with Crippen LogP contribution in [0.25, 0.3) is 0 Å². The van der Waals surface area contributed by atoms with Gasteiger partial charge >= 0.3 is 0 Å². The van der Waals surface area contributed by atoms with Gasteiger partial charge in [-0.05, 0) is 26.2 Å². The van der Waals surface area contributed by atoms with E-state index in [2.05, 4.69) is 15.5 Å². The Balaban J connectivity index is 2.29. The van der Waals surface area contributed by atoms with Crippen LogP contribution in [0.2, 0.25) is 0 Å². The molecule has 21 heavy (non-hydrogen) atoms. The van der Waals surface area contributed by atoms with Crippen molar-refractivity contribution in [1.82, 2.24) is 19.8 Å². The quantitative estimate of drug-likeness (QED) is 0.840. The van der Waals surface area contributed by atoms with Crippen molar-refractivity contribution in [2.24, 2.45) is 0 Å². The van der Waals surface area contributed by atoms with Crippen LogP contribution >= 0.6 is 0 Å². The highest BCUT2D eigenvalue weighted by Crippen LogP contribution is 2.32. The van der Waals surface area contributed by atoms with Crippen LogP contribution in [0.5, 0.6) is 0 Å². The molecule has 1 aromatic heterocycles. The highest BCUT2D eigenvalue weighted by atomic mass is 32.2. The maximum atomic E-state index is 13.0. The highest BCUT2D eigenvalue weighted by Gasteiger charge is 2.40. The Morgan fingerprint density at radius 1 is 1.48 bits per heavy atom. The maximum absolute atomic E-state index is 13.0. The standard InChI is InChI=1S/C14H26N4O2S/c1-5-13-7-6-11(4)18(13)21(19,20)14-12(9-16-17-14)8-15-10(2)3/h9-11,13,15H,5-8H2,1-4H3,(H,16,17). The zero-order chi connectivity index (χ0) is 15.6. The van der Waals surface area contributed by atoms with Crippen LogP contribution in [-0.4, -0.2) is 41.0 Å². The van der Waals surface area contributed by atoms with E-state index in [1.54, 1.807) is 10.5 Å². The summed E-state index contributed by atoms with van der Waals surface area (Å²) in [5, 5.41) is 10.1. The van der Waals surface area contributed by atoms with Gasteiger partial charge in [-0.25, -0.2) is 8.42 Å². The number of rotatable bonds is 6. The zero-order valence-electron chi connectivity index (χ0n) is 13.3. The van der Waals surface area contributed by atoms with E-state index in [1.165, 1.54) is 0 Å². The van der Waals surface area contributed by atoms with E-state index in [9.17, 15) is 8.42 Å². The number of hydrogen-bond donors (Lipinski definition) is 2. The van der Waals surface area contributed by atoms with E-state index < -0.39 is 10.0 Å². The zero-order valence-corrected chi connectivity index (χ0v) is 14.1. The third-order valence-corrected chi connectivity index (χ3v) is 6.18. The number of aromatic nitrogens is 2. The van der Waals surface area contributed by atoms with Gasteiger partial charge in [-0.3, -0.25) is 5.10 Å². The molecule has 0 aromatic carbocycles. The molecule has 120 valence electrons. The predicted molar refractivity (Wildman–Crippen MR) is 82.4 cm³/mol. The van der Waals surface area contributed by atoms with Gasteiger partial charge in [0.15, 0.2) is 5.03 Å². The van der Waals surface area contributed by atoms with Crippen molar-refractivity contribution in [1.29, 1.82) is 0 Å². The third-order valence-electron chi connectivity index (χ3n) is 4.10. The van der Waals surface area contributed by atoms with Crippen LogP contribution in [0.3, 0.4) is 0 Å². The van der Waals surface area contributed by atoms with Crippen LogP contribution in [0, 0.1) is 0 Å². The molecule has 1 saturated heterocycles. The molecule has 7 heteroatoms. The van der Waals surface area contributed by atoms with Crippen LogP contribution in [0.1, 0.15) is 52.5 Å². The second kappa shape index (κ2) is 6.46. The van der Waals surface area contributed by atoms with Gasteiger partial charge < -0.3 is 5.32 Å². The number of nitrogens with one attached hydrogen (secondary N) is 2. The van der Waals surface area contributed by atoms with E-state index in [0.717, 1.165) is 19.3 Å². The normalized spacial score (nSPS) is 24.0. The molecule has 6 nitrogen and oxygen atoms in total. The summed E-state index contributed by atoms with van der Waals surface area (Å²) in [4.78, 5) is 0.